The van der Waals surface area contributed by atoms with Crippen LogP contribution in [0.15, 0.2) is 59.9 Å². The Morgan fingerprint density at radius 1 is 1.09 bits per heavy atom. The number of ether oxygens (including phenoxy) is 1. The van der Waals surface area contributed by atoms with Gasteiger partial charge in [0.1, 0.15) is 11.6 Å². The molecule has 4 heteroatoms. The molecule has 2 heterocycles. The van der Waals surface area contributed by atoms with Crippen molar-refractivity contribution in [2.45, 2.75) is 6.42 Å². The topological polar surface area (TPSA) is 46.5 Å². The first kappa shape index (κ1) is 12.8. The lowest BCUT2D eigenvalue weighted by molar-refractivity contribution is 0.417. The number of fused-ring (bicyclic) bond motifs is 3. The molecule has 1 aliphatic heterocycles. The summed E-state index contributed by atoms with van der Waals surface area (Å²) in [5, 5.41) is 5.64. The van der Waals surface area contributed by atoms with E-state index in [4.69, 9.17) is 9.73 Å². The molecule has 0 saturated carbocycles. The smallest absolute Gasteiger partial charge is 0.142 e. The molecule has 2 aromatic carbocycles. The highest BCUT2D eigenvalue weighted by molar-refractivity contribution is 6.07. The summed E-state index contributed by atoms with van der Waals surface area (Å²) < 4.78 is 5.38. The van der Waals surface area contributed by atoms with E-state index in [1.165, 1.54) is 5.56 Å². The van der Waals surface area contributed by atoms with E-state index >= 15 is 0 Å². The van der Waals surface area contributed by atoms with E-state index in [-0.39, 0.29) is 0 Å². The zero-order chi connectivity index (χ0) is 14.9. The molecular weight excluding hydrogens is 274 g/mol. The first-order chi connectivity index (χ1) is 10.8. The Balaban J connectivity index is 1.72. The molecule has 0 saturated heterocycles. The van der Waals surface area contributed by atoms with Gasteiger partial charge in [-0.05, 0) is 23.8 Å². The summed E-state index contributed by atoms with van der Waals surface area (Å²) >= 11 is 0. The standard InChI is InChI=1S/C18H15N3O/c1-22-16-5-3-2-4-15(16)20-17-10-12-6-7-13-11-19-9-8-14(13)18(12)21-17/h2-9,11H,10H2,1H3,(H,20,21). The van der Waals surface area contributed by atoms with Crippen LogP contribution in [0.25, 0.3) is 10.8 Å². The van der Waals surface area contributed by atoms with Gasteiger partial charge in [-0.15, -0.1) is 0 Å². The van der Waals surface area contributed by atoms with Crippen molar-refractivity contribution in [3.8, 4) is 5.75 Å². The van der Waals surface area contributed by atoms with Gasteiger partial charge in [0.05, 0.1) is 18.5 Å². The SMILES string of the molecule is COc1ccccc1NC1=Nc2c(ccc3cnccc23)C1. The average molecular weight is 289 g/mol. The third-order valence-corrected chi connectivity index (χ3v) is 3.87. The van der Waals surface area contributed by atoms with Crippen molar-refractivity contribution in [1.29, 1.82) is 0 Å². The van der Waals surface area contributed by atoms with Crippen LogP contribution in [0, 0.1) is 0 Å². The number of rotatable bonds is 2. The van der Waals surface area contributed by atoms with Crippen LogP contribution in [0.4, 0.5) is 11.4 Å². The van der Waals surface area contributed by atoms with Crippen LogP contribution in [-0.4, -0.2) is 17.9 Å². The molecule has 108 valence electrons. The van der Waals surface area contributed by atoms with Crippen molar-refractivity contribution in [2.24, 2.45) is 4.99 Å². The molecule has 1 N–H and O–H groups in total. The van der Waals surface area contributed by atoms with E-state index < -0.39 is 0 Å². The third-order valence-electron chi connectivity index (χ3n) is 3.87. The zero-order valence-electron chi connectivity index (χ0n) is 12.2. The second-order valence-corrected chi connectivity index (χ2v) is 5.23. The molecule has 0 amide bonds. The number of para-hydroxylation sites is 2. The van der Waals surface area contributed by atoms with Crippen LogP contribution >= 0.6 is 0 Å². The van der Waals surface area contributed by atoms with Gasteiger partial charge in [0.2, 0.25) is 0 Å². The van der Waals surface area contributed by atoms with E-state index in [9.17, 15) is 0 Å². The summed E-state index contributed by atoms with van der Waals surface area (Å²) in [4.78, 5) is 8.94. The number of anilines is 1. The van der Waals surface area contributed by atoms with Crippen molar-refractivity contribution >= 4 is 28.0 Å². The van der Waals surface area contributed by atoms with Gasteiger partial charge >= 0.3 is 0 Å². The molecule has 0 unspecified atom stereocenters. The minimum absolute atomic E-state index is 0.797. The molecule has 1 aliphatic rings. The normalized spacial score (nSPS) is 12.9. The molecule has 4 rings (SSSR count). The van der Waals surface area contributed by atoms with Gasteiger partial charge < -0.3 is 10.1 Å². The highest BCUT2D eigenvalue weighted by Gasteiger charge is 2.18. The number of pyridine rings is 1. The lowest BCUT2D eigenvalue weighted by Crippen LogP contribution is -2.12. The largest absolute Gasteiger partial charge is 0.495 e. The zero-order valence-corrected chi connectivity index (χ0v) is 12.2. The Kier molecular flexibility index (Phi) is 3.00. The first-order valence-corrected chi connectivity index (χ1v) is 7.18. The summed E-state index contributed by atoms with van der Waals surface area (Å²) in [6, 6.07) is 14.1. The van der Waals surface area contributed by atoms with Crippen molar-refractivity contribution in [3.63, 3.8) is 0 Å². The number of benzene rings is 2. The monoisotopic (exact) mass is 289 g/mol. The highest BCUT2D eigenvalue weighted by atomic mass is 16.5. The maximum absolute atomic E-state index is 5.38. The summed E-state index contributed by atoms with van der Waals surface area (Å²) in [5.74, 6) is 1.75. The predicted molar refractivity (Wildman–Crippen MR) is 89.2 cm³/mol. The Bertz CT molecular complexity index is 886. The predicted octanol–water partition coefficient (Wildman–Crippen LogP) is 3.94. The fourth-order valence-corrected chi connectivity index (χ4v) is 2.80. The molecule has 1 aromatic heterocycles. The first-order valence-electron chi connectivity index (χ1n) is 7.18. The third kappa shape index (κ3) is 2.09. The molecular formula is C18H15N3O. The molecule has 0 fully saturated rings. The number of aliphatic imine (C=N–C) groups is 1. The lowest BCUT2D eigenvalue weighted by Gasteiger charge is -2.10. The number of hydrogen-bond donors (Lipinski definition) is 1. The number of methoxy groups -OCH3 is 1. The van der Waals surface area contributed by atoms with Crippen LogP contribution < -0.4 is 10.1 Å². The van der Waals surface area contributed by atoms with Crippen molar-refractivity contribution in [2.75, 3.05) is 12.4 Å². The maximum Gasteiger partial charge on any atom is 0.142 e. The quantitative estimate of drug-likeness (QED) is 0.777. The van der Waals surface area contributed by atoms with Gasteiger partial charge in [-0.25, -0.2) is 4.99 Å². The summed E-state index contributed by atoms with van der Waals surface area (Å²) in [6.45, 7) is 0. The number of hydrogen-bond acceptors (Lipinski definition) is 4. The van der Waals surface area contributed by atoms with Crippen LogP contribution in [0.1, 0.15) is 5.56 Å². The summed E-state index contributed by atoms with van der Waals surface area (Å²) in [7, 11) is 1.67. The Morgan fingerprint density at radius 3 is 2.91 bits per heavy atom. The van der Waals surface area contributed by atoms with E-state index in [1.54, 1.807) is 7.11 Å². The molecule has 0 radical (unpaired) electrons. The molecule has 0 atom stereocenters. The fourth-order valence-electron chi connectivity index (χ4n) is 2.80. The molecule has 0 spiro atoms. The van der Waals surface area contributed by atoms with Gasteiger partial charge in [-0.3, -0.25) is 4.98 Å². The van der Waals surface area contributed by atoms with E-state index in [2.05, 4.69) is 22.4 Å². The molecule has 4 nitrogen and oxygen atoms in total. The summed E-state index contributed by atoms with van der Waals surface area (Å²) in [6.07, 6.45) is 4.48. The molecule has 0 aliphatic carbocycles. The van der Waals surface area contributed by atoms with Gasteiger partial charge in [0.15, 0.2) is 0 Å². The minimum atomic E-state index is 0.797. The molecule has 22 heavy (non-hydrogen) atoms. The Hall–Kier alpha value is -2.88. The molecule has 0 bridgehead atoms. The van der Waals surface area contributed by atoms with Gasteiger partial charge in [0, 0.05) is 29.6 Å². The number of nitrogens with zero attached hydrogens (tertiary/aromatic N) is 2. The van der Waals surface area contributed by atoms with Crippen molar-refractivity contribution in [1.82, 2.24) is 4.98 Å². The number of nitrogens with one attached hydrogen (secondary N) is 1. The van der Waals surface area contributed by atoms with E-state index in [0.29, 0.717) is 0 Å². The Labute approximate surface area is 128 Å². The van der Waals surface area contributed by atoms with Crippen molar-refractivity contribution in [3.05, 3.63) is 60.4 Å². The molecule has 3 aromatic rings. The fraction of sp³-hybridized carbons (Fsp3) is 0.111. The highest BCUT2D eigenvalue weighted by Crippen LogP contribution is 2.35. The average Bonchev–Trinajstić information content (AvgIpc) is 2.98. The van der Waals surface area contributed by atoms with E-state index in [0.717, 1.165) is 40.2 Å². The van der Waals surface area contributed by atoms with Crippen LogP contribution in [0.3, 0.4) is 0 Å². The van der Waals surface area contributed by atoms with Gasteiger partial charge in [0.25, 0.3) is 0 Å². The van der Waals surface area contributed by atoms with E-state index in [1.807, 2.05) is 42.7 Å². The second-order valence-electron chi connectivity index (χ2n) is 5.23. The minimum Gasteiger partial charge on any atom is -0.495 e. The van der Waals surface area contributed by atoms with Crippen LogP contribution in [0.5, 0.6) is 5.75 Å². The lowest BCUT2D eigenvalue weighted by atomic mass is 10.1. The van der Waals surface area contributed by atoms with Gasteiger partial charge in [-0.1, -0.05) is 24.3 Å². The summed E-state index contributed by atoms with van der Waals surface area (Å²) in [5.41, 5.74) is 3.20. The second kappa shape index (κ2) is 5.15. The van der Waals surface area contributed by atoms with Crippen molar-refractivity contribution < 1.29 is 4.74 Å². The van der Waals surface area contributed by atoms with Crippen LogP contribution in [0.2, 0.25) is 0 Å². The number of aromatic nitrogens is 1. The number of amidine groups is 1. The Morgan fingerprint density at radius 2 is 2.00 bits per heavy atom. The van der Waals surface area contributed by atoms with Gasteiger partial charge in [-0.2, -0.15) is 0 Å². The maximum atomic E-state index is 5.38. The van der Waals surface area contributed by atoms with Crippen LogP contribution in [-0.2, 0) is 6.42 Å².